The summed E-state index contributed by atoms with van der Waals surface area (Å²) in [6, 6.07) is 21.5. The van der Waals surface area contributed by atoms with Crippen LogP contribution in [0.2, 0.25) is 0 Å². The summed E-state index contributed by atoms with van der Waals surface area (Å²) < 4.78 is 38.0. The van der Waals surface area contributed by atoms with E-state index in [1.165, 1.54) is 31.4 Å². The van der Waals surface area contributed by atoms with Crippen molar-refractivity contribution < 1.29 is 22.7 Å². The molecule has 0 aromatic heterocycles. The zero-order valence-corrected chi connectivity index (χ0v) is 16.5. The average molecular weight is 412 g/mol. The minimum absolute atomic E-state index is 0.0707. The number of rotatable bonds is 8. The number of anilines is 2. The minimum Gasteiger partial charge on any atom is -0.497 e. The van der Waals surface area contributed by atoms with Crippen LogP contribution < -0.4 is 19.5 Å². The monoisotopic (exact) mass is 412 g/mol. The molecule has 3 aromatic rings. The molecular formula is C21H20N2O5S. The predicted octanol–water partition coefficient (Wildman–Crippen LogP) is 3.51. The number of para-hydroxylation sites is 1. The maximum Gasteiger partial charge on any atom is 0.262 e. The second-order valence-electron chi connectivity index (χ2n) is 6.01. The van der Waals surface area contributed by atoms with Gasteiger partial charge >= 0.3 is 0 Å². The molecule has 0 heterocycles. The number of carbonyl (C=O) groups is 1. The molecule has 0 unspecified atom stereocenters. The van der Waals surface area contributed by atoms with Gasteiger partial charge in [0, 0.05) is 11.8 Å². The minimum atomic E-state index is -3.77. The molecule has 0 saturated carbocycles. The fourth-order valence-corrected chi connectivity index (χ4v) is 3.53. The van der Waals surface area contributed by atoms with Gasteiger partial charge in [0.1, 0.15) is 11.5 Å². The fourth-order valence-electron chi connectivity index (χ4n) is 2.48. The summed E-state index contributed by atoms with van der Waals surface area (Å²) in [5.74, 6) is 0.615. The molecule has 3 aromatic carbocycles. The third-order valence-corrected chi connectivity index (χ3v) is 5.28. The molecule has 0 aliphatic heterocycles. The first kappa shape index (κ1) is 20.2. The Morgan fingerprint density at radius 2 is 1.55 bits per heavy atom. The molecule has 2 N–H and O–H groups in total. The van der Waals surface area contributed by atoms with E-state index in [1.807, 2.05) is 18.2 Å². The molecule has 3 rings (SSSR count). The van der Waals surface area contributed by atoms with Gasteiger partial charge in [0.25, 0.3) is 15.9 Å². The summed E-state index contributed by atoms with van der Waals surface area (Å²) in [7, 11) is -2.26. The Hall–Kier alpha value is -3.52. The average Bonchev–Trinajstić information content (AvgIpc) is 2.73. The van der Waals surface area contributed by atoms with Gasteiger partial charge in [0.2, 0.25) is 0 Å². The number of sulfonamides is 1. The molecule has 1 amide bonds. The van der Waals surface area contributed by atoms with Gasteiger partial charge in [-0.3, -0.25) is 9.52 Å². The number of hydrogen-bond donors (Lipinski definition) is 2. The molecule has 7 nitrogen and oxygen atoms in total. The summed E-state index contributed by atoms with van der Waals surface area (Å²) in [5.41, 5.74) is 1.06. The van der Waals surface area contributed by atoms with Gasteiger partial charge in [-0.2, -0.15) is 0 Å². The van der Waals surface area contributed by atoms with Crippen molar-refractivity contribution in [2.24, 2.45) is 0 Å². The lowest BCUT2D eigenvalue weighted by Crippen LogP contribution is -2.20. The Labute approximate surface area is 169 Å². The summed E-state index contributed by atoms with van der Waals surface area (Å²) in [5, 5.41) is 2.70. The highest BCUT2D eigenvalue weighted by Gasteiger charge is 2.15. The molecule has 0 saturated heterocycles. The van der Waals surface area contributed by atoms with E-state index in [2.05, 4.69) is 10.0 Å². The molecule has 0 atom stereocenters. The van der Waals surface area contributed by atoms with E-state index < -0.39 is 10.0 Å². The fraction of sp³-hybridized carbons (Fsp3) is 0.0952. The number of methoxy groups -OCH3 is 1. The maximum absolute atomic E-state index is 12.5. The summed E-state index contributed by atoms with van der Waals surface area (Å²) in [4.78, 5) is 12.0. The van der Waals surface area contributed by atoms with Crippen molar-refractivity contribution in [2.45, 2.75) is 4.90 Å². The van der Waals surface area contributed by atoms with Crippen molar-refractivity contribution in [2.75, 3.05) is 23.8 Å². The van der Waals surface area contributed by atoms with Crippen LogP contribution in [0.4, 0.5) is 11.4 Å². The summed E-state index contributed by atoms with van der Waals surface area (Å²) in [6.45, 7) is -0.191. The number of ether oxygens (including phenoxy) is 2. The topological polar surface area (TPSA) is 93.7 Å². The molecule has 0 spiro atoms. The Balaban J connectivity index is 1.59. The second-order valence-corrected chi connectivity index (χ2v) is 7.69. The van der Waals surface area contributed by atoms with Crippen molar-refractivity contribution in [3.05, 3.63) is 78.9 Å². The first-order valence-corrected chi connectivity index (χ1v) is 10.2. The van der Waals surface area contributed by atoms with Crippen LogP contribution in [0, 0.1) is 0 Å². The first-order valence-electron chi connectivity index (χ1n) is 8.71. The highest BCUT2D eigenvalue weighted by molar-refractivity contribution is 7.92. The van der Waals surface area contributed by atoms with Crippen LogP contribution in [0.1, 0.15) is 0 Å². The van der Waals surface area contributed by atoms with Gasteiger partial charge in [-0.05, 0) is 48.5 Å². The van der Waals surface area contributed by atoms with Crippen LogP contribution in [-0.2, 0) is 14.8 Å². The van der Waals surface area contributed by atoms with E-state index in [0.717, 1.165) is 0 Å². The lowest BCUT2D eigenvalue weighted by Gasteiger charge is -2.11. The molecule has 0 radical (unpaired) electrons. The highest BCUT2D eigenvalue weighted by atomic mass is 32.2. The lowest BCUT2D eigenvalue weighted by atomic mass is 10.3. The third kappa shape index (κ3) is 5.73. The zero-order valence-electron chi connectivity index (χ0n) is 15.7. The molecule has 8 heteroatoms. The van der Waals surface area contributed by atoms with E-state index in [-0.39, 0.29) is 17.4 Å². The maximum atomic E-state index is 12.5. The Morgan fingerprint density at radius 1 is 0.862 bits per heavy atom. The molecule has 0 bridgehead atoms. The van der Waals surface area contributed by atoms with Gasteiger partial charge < -0.3 is 14.8 Å². The van der Waals surface area contributed by atoms with Crippen LogP contribution >= 0.6 is 0 Å². The van der Waals surface area contributed by atoms with Crippen LogP contribution in [-0.4, -0.2) is 28.0 Å². The van der Waals surface area contributed by atoms with Crippen molar-refractivity contribution in [1.82, 2.24) is 0 Å². The Morgan fingerprint density at radius 3 is 2.24 bits per heavy atom. The van der Waals surface area contributed by atoms with E-state index in [9.17, 15) is 13.2 Å². The van der Waals surface area contributed by atoms with Crippen LogP contribution in [0.15, 0.2) is 83.8 Å². The van der Waals surface area contributed by atoms with Crippen molar-refractivity contribution >= 4 is 27.3 Å². The number of amides is 1. The standard InChI is InChI=1S/C21H20N2O5S/c1-27-19-9-5-8-17(14-19)23-29(25,26)20-12-10-18(11-13-20)28-15-21(24)22-16-6-3-2-4-7-16/h2-14,23H,15H2,1H3,(H,22,24). The molecule has 0 aliphatic carbocycles. The third-order valence-electron chi connectivity index (χ3n) is 3.88. The van der Waals surface area contributed by atoms with Crippen molar-refractivity contribution in [1.29, 1.82) is 0 Å². The van der Waals surface area contributed by atoms with Gasteiger partial charge in [0.15, 0.2) is 6.61 Å². The van der Waals surface area contributed by atoms with Crippen molar-refractivity contribution in [3.8, 4) is 11.5 Å². The normalized spacial score (nSPS) is 10.8. The lowest BCUT2D eigenvalue weighted by molar-refractivity contribution is -0.118. The van der Waals surface area contributed by atoms with Crippen LogP contribution in [0.3, 0.4) is 0 Å². The van der Waals surface area contributed by atoms with E-state index in [1.54, 1.807) is 36.4 Å². The number of carbonyl (C=O) groups excluding carboxylic acids is 1. The Bertz CT molecular complexity index is 1070. The largest absolute Gasteiger partial charge is 0.497 e. The van der Waals surface area contributed by atoms with Gasteiger partial charge in [-0.1, -0.05) is 24.3 Å². The van der Waals surface area contributed by atoms with E-state index in [0.29, 0.717) is 22.9 Å². The smallest absolute Gasteiger partial charge is 0.262 e. The quantitative estimate of drug-likeness (QED) is 0.591. The second kappa shape index (κ2) is 9.11. The summed E-state index contributed by atoms with van der Waals surface area (Å²) in [6.07, 6.45) is 0. The number of hydrogen-bond acceptors (Lipinski definition) is 5. The van der Waals surface area contributed by atoms with E-state index in [4.69, 9.17) is 9.47 Å². The van der Waals surface area contributed by atoms with Crippen LogP contribution in [0.5, 0.6) is 11.5 Å². The SMILES string of the molecule is COc1cccc(NS(=O)(=O)c2ccc(OCC(=O)Nc3ccccc3)cc2)c1. The van der Waals surface area contributed by atoms with Gasteiger partial charge in [0.05, 0.1) is 17.7 Å². The summed E-state index contributed by atoms with van der Waals surface area (Å²) >= 11 is 0. The van der Waals surface area contributed by atoms with Crippen molar-refractivity contribution in [3.63, 3.8) is 0 Å². The van der Waals surface area contributed by atoms with E-state index >= 15 is 0 Å². The Kier molecular flexibility index (Phi) is 6.36. The number of benzene rings is 3. The van der Waals surface area contributed by atoms with Gasteiger partial charge in [-0.25, -0.2) is 8.42 Å². The molecular weight excluding hydrogens is 392 g/mol. The first-order chi connectivity index (χ1) is 14.0. The predicted molar refractivity (Wildman–Crippen MR) is 111 cm³/mol. The van der Waals surface area contributed by atoms with Gasteiger partial charge in [-0.15, -0.1) is 0 Å². The molecule has 150 valence electrons. The molecule has 0 aliphatic rings. The zero-order chi connectivity index (χ0) is 20.7. The number of nitrogens with one attached hydrogen (secondary N) is 2. The molecule has 0 fully saturated rings. The highest BCUT2D eigenvalue weighted by Crippen LogP contribution is 2.22. The molecule has 29 heavy (non-hydrogen) atoms. The van der Waals surface area contributed by atoms with Crippen LogP contribution in [0.25, 0.3) is 0 Å².